The van der Waals surface area contributed by atoms with E-state index in [1.807, 2.05) is 0 Å². The minimum atomic E-state index is -0.922. The predicted octanol–water partition coefficient (Wildman–Crippen LogP) is 2.66. The van der Waals surface area contributed by atoms with Gasteiger partial charge < -0.3 is 5.73 Å². The van der Waals surface area contributed by atoms with Crippen molar-refractivity contribution in [3.63, 3.8) is 0 Å². The molecule has 0 saturated carbocycles. The van der Waals surface area contributed by atoms with Gasteiger partial charge in [-0.25, -0.2) is 8.78 Å². The predicted molar refractivity (Wildman–Crippen MR) is 64.7 cm³/mol. The van der Waals surface area contributed by atoms with Gasteiger partial charge in [0.1, 0.15) is 0 Å². The Kier molecular flexibility index (Phi) is 3.37. The molecule has 0 unspecified atom stereocenters. The van der Waals surface area contributed by atoms with E-state index >= 15 is 0 Å². The summed E-state index contributed by atoms with van der Waals surface area (Å²) in [6.07, 6.45) is -0.00781. The molecule has 1 amide bonds. The third-order valence-electron chi connectivity index (χ3n) is 2.62. The number of carbonyl (C=O) groups excluding carboxylic acids is 1. The van der Waals surface area contributed by atoms with Crippen LogP contribution in [0.3, 0.4) is 0 Å². The molecule has 2 N–H and O–H groups in total. The van der Waals surface area contributed by atoms with E-state index in [1.54, 1.807) is 24.3 Å². The lowest BCUT2D eigenvalue weighted by molar-refractivity contribution is -0.117. The van der Waals surface area contributed by atoms with Crippen LogP contribution < -0.4 is 5.73 Å². The molecule has 2 rings (SSSR count). The van der Waals surface area contributed by atoms with E-state index in [1.165, 1.54) is 12.1 Å². The minimum absolute atomic E-state index is 0.00781. The summed E-state index contributed by atoms with van der Waals surface area (Å²) in [6.45, 7) is 0. The topological polar surface area (TPSA) is 43.1 Å². The molecule has 0 spiro atoms. The lowest BCUT2D eigenvalue weighted by Crippen LogP contribution is -2.14. The molecule has 0 radical (unpaired) electrons. The molecule has 0 saturated heterocycles. The Hall–Kier alpha value is -2.23. The molecule has 2 aromatic carbocycles. The van der Waals surface area contributed by atoms with Crippen LogP contribution in [0.25, 0.3) is 11.1 Å². The van der Waals surface area contributed by atoms with Crippen molar-refractivity contribution in [2.45, 2.75) is 6.42 Å². The zero-order valence-corrected chi connectivity index (χ0v) is 9.49. The SMILES string of the molecule is NC(=O)Cc1ccccc1-c1cccc(F)c1F. The molecule has 2 aromatic rings. The molecule has 0 aliphatic rings. The zero-order valence-electron chi connectivity index (χ0n) is 9.49. The highest BCUT2D eigenvalue weighted by Crippen LogP contribution is 2.27. The summed E-state index contributed by atoms with van der Waals surface area (Å²) in [5.74, 6) is -2.35. The largest absolute Gasteiger partial charge is 0.369 e. The van der Waals surface area contributed by atoms with E-state index in [0.717, 1.165) is 6.07 Å². The average Bonchev–Trinajstić information content (AvgIpc) is 2.33. The van der Waals surface area contributed by atoms with Gasteiger partial charge in [-0.05, 0) is 17.2 Å². The maximum Gasteiger partial charge on any atom is 0.221 e. The second kappa shape index (κ2) is 4.96. The molecular formula is C14H11F2NO. The van der Waals surface area contributed by atoms with E-state index < -0.39 is 17.5 Å². The summed E-state index contributed by atoms with van der Waals surface area (Å²) in [4.78, 5) is 11.0. The first-order chi connectivity index (χ1) is 8.59. The molecule has 4 heteroatoms. The van der Waals surface area contributed by atoms with Crippen molar-refractivity contribution in [2.75, 3.05) is 0 Å². The van der Waals surface area contributed by atoms with Crippen molar-refractivity contribution in [3.05, 3.63) is 59.7 Å². The molecule has 0 aliphatic carbocycles. The number of halogens is 2. The summed E-state index contributed by atoms with van der Waals surface area (Å²) >= 11 is 0. The number of benzene rings is 2. The van der Waals surface area contributed by atoms with Gasteiger partial charge in [-0.3, -0.25) is 4.79 Å². The number of carbonyl (C=O) groups is 1. The third-order valence-corrected chi connectivity index (χ3v) is 2.62. The fourth-order valence-electron chi connectivity index (χ4n) is 1.84. The molecule has 0 fully saturated rings. The van der Waals surface area contributed by atoms with Crippen molar-refractivity contribution < 1.29 is 13.6 Å². The highest BCUT2D eigenvalue weighted by Gasteiger charge is 2.13. The summed E-state index contributed by atoms with van der Waals surface area (Å²) < 4.78 is 26.9. The standard InChI is InChI=1S/C14H11F2NO/c15-12-7-3-6-11(14(12)16)10-5-2-1-4-9(10)8-13(17)18/h1-7H,8H2,(H2,17,18). The minimum Gasteiger partial charge on any atom is -0.369 e. The summed E-state index contributed by atoms with van der Waals surface area (Å²) in [6, 6.07) is 10.7. The van der Waals surface area contributed by atoms with Gasteiger partial charge in [-0.15, -0.1) is 0 Å². The first-order valence-electron chi connectivity index (χ1n) is 5.40. The van der Waals surface area contributed by atoms with Crippen LogP contribution in [0.15, 0.2) is 42.5 Å². The van der Waals surface area contributed by atoms with Crippen molar-refractivity contribution in [1.82, 2.24) is 0 Å². The molecule has 0 heterocycles. The van der Waals surface area contributed by atoms with E-state index in [9.17, 15) is 13.6 Å². The van der Waals surface area contributed by atoms with E-state index in [2.05, 4.69) is 0 Å². The van der Waals surface area contributed by atoms with Crippen LogP contribution in [0, 0.1) is 11.6 Å². The quantitative estimate of drug-likeness (QED) is 0.890. The average molecular weight is 247 g/mol. The number of hydrogen-bond donors (Lipinski definition) is 1. The summed E-state index contributed by atoms with van der Waals surface area (Å²) in [5.41, 5.74) is 6.32. The second-order valence-electron chi connectivity index (χ2n) is 3.90. The number of primary amides is 1. The Labute approximate surface area is 103 Å². The van der Waals surface area contributed by atoms with Gasteiger partial charge in [0.15, 0.2) is 11.6 Å². The number of amides is 1. The molecule has 18 heavy (non-hydrogen) atoms. The fraction of sp³-hybridized carbons (Fsp3) is 0.0714. The van der Waals surface area contributed by atoms with Crippen LogP contribution in [0.4, 0.5) is 8.78 Å². The Balaban J connectivity index is 2.57. The van der Waals surface area contributed by atoms with E-state index in [0.29, 0.717) is 11.1 Å². The van der Waals surface area contributed by atoms with Crippen molar-refractivity contribution >= 4 is 5.91 Å². The van der Waals surface area contributed by atoms with Gasteiger partial charge in [0.2, 0.25) is 5.91 Å². The van der Waals surface area contributed by atoms with Gasteiger partial charge >= 0.3 is 0 Å². The second-order valence-corrected chi connectivity index (χ2v) is 3.90. The smallest absolute Gasteiger partial charge is 0.221 e. The number of nitrogens with two attached hydrogens (primary N) is 1. The van der Waals surface area contributed by atoms with E-state index in [4.69, 9.17) is 5.73 Å². The first kappa shape index (κ1) is 12.2. The van der Waals surface area contributed by atoms with Crippen LogP contribution in [0.2, 0.25) is 0 Å². The van der Waals surface area contributed by atoms with Gasteiger partial charge in [-0.2, -0.15) is 0 Å². The molecule has 0 atom stereocenters. The molecule has 0 aromatic heterocycles. The molecule has 0 bridgehead atoms. The maximum absolute atomic E-state index is 13.7. The highest BCUT2D eigenvalue weighted by molar-refractivity contribution is 5.80. The Morgan fingerprint density at radius 2 is 1.67 bits per heavy atom. The normalized spacial score (nSPS) is 10.3. The lowest BCUT2D eigenvalue weighted by atomic mass is 9.97. The van der Waals surface area contributed by atoms with Crippen molar-refractivity contribution in [2.24, 2.45) is 5.73 Å². The number of hydrogen-bond acceptors (Lipinski definition) is 1. The van der Waals surface area contributed by atoms with Crippen LogP contribution >= 0.6 is 0 Å². The third kappa shape index (κ3) is 2.37. The maximum atomic E-state index is 13.7. The molecule has 2 nitrogen and oxygen atoms in total. The monoisotopic (exact) mass is 247 g/mol. The van der Waals surface area contributed by atoms with Gasteiger partial charge in [-0.1, -0.05) is 36.4 Å². The summed E-state index contributed by atoms with van der Waals surface area (Å²) in [5, 5.41) is 0. The van der Waals surface area contributed by atoms with Crippen LogP contribution in [0.1, 0.15) is 5.56 Å². The summed E-state index contributed by atoms with van der Waals surface area (Å²) in [7, 11) is 0. The van der Waals surface area contributed by atoms with Crippen LogP contribution in [-0.2, 0) is 11.2 Å². The van der Waals surface area contributed by atoms with E-state index in [-0.39, 0.29) is 12.0 Å². The molecule has 92 valence electrons. The first-order valence-corrected chi connectivity index (χ1v) is 5.40. The Morgan fingerprint density at radius 1 is 1.00 bits per heavy atom. The van der Waals surface area contributed by atoms with Crippen molar-refractivity contribution in [1.29, 1.82) is 0 Å². The zero-order chi connectivity index (χ0) is 13.1. The van der Waals surface area contributed by atoms with Gasteiger partial charge in [0, 0.05) is 5.56 Å². The Bertz CT molecular complexity index is 596. The van der Waals surface area contributed by atoms with Crippen molar-refractivity contribution in [3.8, 4) is 11.1 Å². The highest BCUT2D eigenvalue weighted by atomic mass is 19.2. The van der Waals surface area contributed by atoms with Gasteiger partial charge in [0.25, 0.3) is 0 Å². The molecular weight excluding hydrogens is 236 g/mol. The van der Waals surface area contributed by atoms with Crippen LogP contribution in [-0.4, -0.2) is 5.91 Å². The number of rotatable bonds is 3. The molecule has 0 aliphatic heterocycles. The lowest BCUT2D eigenvalue weighted by Gasteiger charge is -2.09. The Morgan fingerprint density at radius 3 is 2.39 bits per heavy atom. The van der Waals surface area contributed by atoms with Crippen LogP contribution in [0.5, 0.6) is 0 Å². The van der Waals surface area contributed by atoms with Gasteiger partial charge in [0.05, 0.1) is 6.42 Å². The fourth-order valence-corrected chi connectivity index (χ4v) is 1.84.